The number of aryl methyl sites for hydroxylation is 3. The van der Waals surface area contributed by atoms with Crippen molar-refractivity contribution in [3.8, 4) is 0 Å². The number of rotatable bonds is 13. The Morgan fingerprint density at radius 2 is 1.69 bits per heavy atom. The summed E-state index contributed by atoms with van der Waals surface area (Å²) in [7, 11) is 0. The smallest absolute Gasteiger partial charge is 0.220 e. The van der Waals surface area contributed by atoms with Crippen LogP contribution in [0.1, 0.15) is 96.0 Å². The molecule has 3 aliphatic rings. The minimum Gasteiger partial charge on any atom is -0.394 e. The van der Waals surface area contributed by atoms with Crippen LogP contribution >= 0.6 is 0 Å². The summed E-state index contributed by atoms with van der Waals surface area (Å²) in [5, 5.41) is 42.2. The molecule has 0 spiro atoms. The number of allylic oxidation sites excluding steroid dienone is 1. The number of aliphatic hydroxyl groups excluding tert-OH is 4. The van der Waals surface area contributed by atoms with Gasteiger partial charge in [-0.3, -0.25) is 9.78 Å². The molecule has 1 fully saturated rings. The van der Waals surface area contributed by atoms with Crippen LogP contribution in [-0.4, -0.2) is 110 Å². The Kier molecular flexibility index (Phi) is 12.7. The molecular weight excluding hydrogens is 702 g/mol. The monoisotopic (exact) mass is 757 g/mol. The standard InChI is InChI=1S/C42H55N5O8/c1-8-26-23(5)32-19-35-27(9-2)22(4)31(45-35)18-33-24(6)28(38(47-33)25(7)30-16-21(3)29(44-30)17-34(26)46-32)10-11-37(49)43-12-13-53-14-15-54-42-41(52)40(51)39(50)36(20-48)55-42/h9,16-19,24,28,36,39-42,45-46,48,50-52H,2,8,10-15,20H2,1,3-7H3,(H,43,49)/t24-,28-,36+,39+,40-,41+,42+/m0/s1. The van der Waals surface area contributed by atoms with E-state index in [1.807, 2.05) is 6.08 Å². The van der Waals surface area contributed by atoms with Gasteiger partial charge in [-0.2, -0.15) is 0 Å². The highest BCUT2D eigenvalue weighted by Crippen LogP contribution is 2.42. The van der Waals surface area contributed by atoms with Gasteiger partial charge in [0.05, 0.1) is 37.8 Å². The van der Waals surface area contributed by atoms with E-state index in [-0.39, 0.29) is 37.6 Å². The van der Waals surface area contributed by atoms with Crippen molar-refractivity contribution < 1.29 is 39.4 Å². The lowest BCUT2D eigenvalue weighted by Crippen LogP contribution is -2.59. The van der Waals surface area contributed by atoms with Gasteiger partial charge in [-0.25, -0.2) is 4.98 Å². The van der Waals surface area contributed by atoms with Crippen LogP contribution in [0.3, 0.4) is 0 Å². The van der Waals surface area contributed by atoms with Crippen molar-refractivity contribution in [3.63, 3.8) is 0 Å². The van der Waals surface area contributed by atoms with Gasteiger partial charge in [0.1, 0.15) is 24.4 Å². The van der Waals surface area contributed by atoms with Gasteiger partial charge in [-0.15, -0.1) is 0 Å². The highest BCUT2D eigenvalue weighted by atomic mass is 16.7. The third-order valence-corrected chi connectivity index (χ3v) is 11.3. The number of aromatic amines is 2. The fourth-order valence-electron chi connectivity index (χ4n) is 7.85. The van der Waals surface area contributed by atoms with Gasteiger partial charge in [-0.1, -0.05) is 26.5 Å². The van der Waals surface area contributed by atoms with Crippen LogP contribution in [0.5, 0.6) is 0 Å². The molecule has 6 heterocycles. The number of aromatic nitrogens is 4. The zero-order valence-electron chi connectivity index (χ0n) is 32.6. The lowest BCUT2D eigenvalue weighted by atomic mass is 9.85. The van der Waals surface area contributed by atoms with Gasteiger partial charge < -0.3 is 49.9 Å². The summed E-state index contributed by atoms with van der Waals surface area (Å²) in [6.07, 6.45) is -0.890. The van der Waals surface area contributed by atoms with Crippen molar-refractivity contribution in [3.05, 3.63) is 75.4 Å². The summed E-state index contributed by atoms with van der Waals surface area (Å²) in [6, 6.07) is 6.44. The number of hydrogen-bond acceptors (Lipinski definition) is 10. The van der Waals surface area contributed by atoms with Crippen LogP contribution in [0, 0.1) is 20.8 Å². The number of carbonyl (C=O) groups is 1. The minimum absolute atomic E-state index is 0.00648. The van der Waals surface area contributed by atoms with Crippen molar-refractivity contribution in [2.24, 2.45) is 0 Å². The molecule has 296 valence electrons. The van der Waals surface area contributed by atoms with E-state index in [9.17, 15) is 25.2 Å². The minimum atomic E-state index is -1.51. The van der Waals surface area contributed by atoms with Crippen LogP contribution in [0.4, 0.5) is 0 Å². The third kappa shape index (κ3) is 8.34. The van der Waals surface area contributed by atoms with Gasteiger partial charge in [0.15, 0.2) is 6.29 Å². The summed E-state index contributed by atoms with van der Waals surface area (Å²) in [6.45, 7) is 17.1. The highest BCUT2D eigenvalue weighted by molar-refractivity contribution is 5.86. The second-order valence-electron chi connectivity index (χ2n) is 14.8. The molecule has 0 unspecified atom stereocenters. The molecule has 13 nitrogen and oxygen atoms in total. The number of nitrogens with zero attached hydrogens (tertiary/aromatic N) is 2. The Bertz CT molecular complexity index is 2100. The van der Waals surface area contributed by atoms with Crippen molar-refractivity contribution in [1.29, 1.82) is 0 Å². The average Bonchev–Trinajstić information content (AvgIpc) is 3.87. The largest absolute Gasteiger partial charge is 0.394 e. The molecule has 7 atom stereocenters. The molecular formula is C42H55N5O8. The number of fused-ring (bicyclic) bond motifs is 8. The van der Waals surface area contributed by atoms with Gasteiger partial charge in [0.25, 0.3) is 0 Å². The molecule has 3 aromatic heterocycles. The molecule has 0 aliphatic carbocycles. The van der Waals surface area contributed by atoms with Crippen LogP contribution in [-0.2, 0) is 25.4 Å². The molecule has 0 aromatic carbocycles. The number of amides is 1. The predicted molar refractivity (Wildman–Crippen MR) is 212 cm³/mol. The normalized spacial score (nSPS) is 23.8. The maximum atomic E-state index is 13.1. The zero-order valence-corrected chi connectivity index (χ0v) is 32.6. The Morgan fingerprint density at radius 1 is 0.945 bits per heavy atom. The molecule has 0 radical (unpaired) electrons. The van der Waals surface area contributed by atoms with Gasteiger partial charge in [0, 0.05) is 63.8 Å². The molecule has 1 amide bonds. The number of carbonyl (C=O) groups excluding carboxylic acids is 1. The molecule has 55 heavy (non-hydrogen) atoms. The van der Waals surface area contributed by atoms with Crippen molar-refractivity contribution in [1.82, 2.24) is 25.3 Å². The first kappa shape index (κ1) is 40.5. The molecule has 0 saturated carbocycles. The molecule has 13 heteroatoms. The first-order valence-corrected chi connectivity index (χ1v) is 19.2. The van der Waals surface area contributed by atoms with Crippen molar-refractivity contribution in [2.45, 2.75) is 103 Å². The lowest BCUT2D eigenvalue weighted by molar-refractivity contribution is -0.302. The van der Waals surface area contributed by atoms with E-state index < -0.39 is 37.3 Å². The maximum absolute atomic E-state index is 13.1. The van der Waals surface area contributed by atoms with E-state index in [0.717, 1.165) is 73.5 Å². The van der Waals surface area contributed by atoms with Crippen LogP contribution < -0.4 is 5.32 Å². The Labute approximate surface area is 321 Å². The van der Waals surface area contributed by atoms with E-state index in [1.54, 1.807) is 0 Å². The predicted octanol–water partition coefficient (Wildman–Crippen LogP) is 4.62. The lowest BCUT2D eigenvalue weighted by Gasteiger charge is -2.39. The van der Waals surface area contributed by atoms with E-state index in [4.69, 9.17) is 24.2 Å². The molecule has 1 saturated heterocycles. The summed E-state index contributed by atoms with van der Waals surface area (Å²) < 4.78 is 16.4. The topological polar surface area (TPSA) is 195 Å². The summed E-state index contributed by atoms with van der Waals surface area (Å²) >= 11 is 0. The van der Waals surface area contributed by atoms with Gasteiger partial charge in [-0.05, 0) is 92.6 Å². The van der Waals surface area contributed by atoms with Crippen molar-refractivity contribution >= 4 is 45.7 Å². The Hall–Kier alpha value is -4.21. The molecule has 8 bridgehead atoms. The average molecular weight is 758 g/mol. The zero-order chi connectivity index (χ0) is 39.6. The maximum Gasteiger partial charge on any atom is 0.220 e. The quantitative estimate of drug-likeness (QED) is 0.121. The molecule has 7 N–H and O–H groups in total. The van der Waals surface area contributed by atoms with Crippen LogP contribution in [0.25, 0.3) is 39.8 Å². The summed E-state index contributed by atoms with van der Waals surface area (Å²) in [5.74, 6) is -0.0544. The summed E-state index contributed by atoms with van der Waals surface area (Å²) in [4.78, 5) is 30.8. The van der Waals surface area contributed by atoms with Crippen LogP contribution in [0.2, 0.25) is 0 Å². The van der Waals surface area contributed by atoms with E-state index in [2.05, 4.69) is 87.7 Å². The molecule has 3 aliphatic heterocycles. The van der Waals surface area contributed by atoms with Gasteiger partial charge >= 0.3 is 0 Å². The van der Waals surface area contributed by atoms with E-state index in [1.165, 1.54) is 11.1 Å². The van der Waals surface area contributed by atoms with E-state index in [0.29, 0.717) is 19.4 Å². The first-order valence-electron chi connectivity index (χ1n) is 19.2. The summed E-state index contributed by atoms with van der Waals surface area (Å²) in [5.41, 5.74) is 14.4. The SMILES string of the molecule is C=Cc1c(C)c2cc3nc(c(C)c4nc(cc5[nH]c(cc1[nH]2)c(C)c5CC)C(C)=C4)[C@@H](CCC(=O)NCCOCCO[C@@H]1O[C@H](CO)[C@@H](O)[C@H](O)[C@H]1O)[C@@H]3C. The van der Waals surface area contributed by atoms with E-state index >= 15 is 0 Å². The fraction of sp³-hybridized carbons (Fsp3) is 0.500. The number of nitrogens with one attached hydrogen (secondary N) is 3. The molecule has 3 aromatic rings. The number of ether oxygens (including phenoxy) is 3. The third-order valence-electron chi connectivity index (χ3n) is 11.3. The number of hydrogen-bond donors (Lipinski definition) is 7. The number of H-pyrrole nitrogens is 2. The Morgan fingerprint density at radius 3 is 2.42 bits per heavy atom. The first-order chi connectivity index (χ1) is 26.4. The van der Waals surface area contributed by atoms with Crippen molar-refractivity contribution in [2.75, 3.05) is 33.0 Å². The highest BCUT2D eigenvalue weighted by Gasteiger charge is 2.44. The second-order valence-corrected chi connectivity index (χ2v) is 14.8. The number of aliphatic hydroxyl groups is 4. The second kappa shape index (κ2) is 17.3. The van der Waals surface area contributed by atoms with Gasteiger partial charge in [0.2, 0.25) is 5.91 Å². The van der Waals surface area contributed by atoms with Crippen LogP contribution in [0.15, 0.2) is 24.8 Å². The fourth-order valence-corrected chi connectivity index (χ4v) is 7.85. The molecule has 6 rings (SSSR count). The Balaban J connectivity index is 1.17.